The van der Waals surface area contributed by atoms with Crippen molar-refractivity contribution in [1.82, 2.24) is 0 Å². The van der Waals surface area contributed by atoms with Gasteiger partial charge >= 0.3 is 0 Å². The topological polar surface area (TPSA) is 0 Å². The molecule has 0 saturated carbocycles. The highest BCUT2D eigenvalue weighted by atomic mass is 13.8. The lowest BCUT2D eigenvalue weighted by Gasteiger charge is -1.84. The van der Waals surface area contributed by atoms with Gasteiger partial charge in [0, 0.05) is 0 Å². The first-order valence-electron chi connectivity index (χ1n) is 5.36. The Morgan fingerprint density at radius 2 is 1.23 bits per heavy atom. The molecule has 0 radical (unpaired) electrons. The summed E-state index contributed by atoms with van der Waals surface area (Å²) >= 11 is 0. The van der Waals surface area contributed by atoms with Crippen LogP contribution in [-0.2, 0) is 0 Å². The summed E-state index contributed by atoms with van der Waals surface area (Å²) in [5.74, 6) is 0. The van der Waals surface area contributed by atoms with Crippen molar-refractivity contribution < 1.29 is 0 Å². The van der Waals surface area contributed by atoms with E-state index in [4.69, 9.17) is 0 Å². The first-order valence-corrected chi connectivity index (χ1v) is 5.36. The molecule has 0 spiro atoms. The van der Waals surface area contributed by atoms with Crippen LogP contribution in [-0.4, -0.2) is 0 Å². The van der Waals surface area contributed by atoms with Crippen molar-refractivity contribution in [1.29, 1.82) is 0 Å². The monoisotopic (exact) mass is 178 g/mol. The fourth-order valence-electron chi connectivity index (χ4n) is 0.993. The van der Waals surface area contributed by atoms with Gasteiger partial charge < -0.3 is 0 Å². The fraction of sp³-hybridized carbons (Fsp3) is 0.538. The van der Waals surface area contributed by atoms with Crippen LogP contribution in [0.25, 0.3) is 0 Å². The highest BCUT2D eigenvalue weighted by Crippen LogP contribution is 1.94. The SMILES string of the molecule is CC/C=C\C/C=C\C/C=C/CCC. The van der Waals surface area contributed by atoms with Crippen molar-refractivity contribution >= 4 is 0 Å². The molecule has 0 amide bonds. The zero-order valence-electron chi connectivity index (χ0n) is 9.00. The van der Waals surface area contributed by atoms with Gasteiger partial charge in [-0.2, -0.15) is 0 Å². The van der Waals surface area contributed by atoms with Crippen molar-refractivity contribution in [3.05, 3.63) is 36.5 Å². The molecule has 0 saturated heterocycles. The second-order valence-corrected chi connectivity index (χ2v) is 3.08. The Morgan fingerprint density at radius 3 is 1.77 bits per heavy atom. The van der Waals surface area contributed by atoms with Gasteiger partial charge in [0.15, 0.2) is 0 Å². The summed E-state index contributed by atoms with van der Waals surface area (Å²) in [6.45, 7) is 4.36. The van der Waals surface area contributed by atoms with Gasteiger partial charge in [0.05, 0.1) is 0 Å². The van der Waals surface area contributed by atoms with Crippen molar-refractivity contribution in [3.8, 4) is 0 Å². The van der Waals surface area contributed by atoms with Crippen molar-refractivity contribution in [2.45, 2.75) is 46.0 Å². The summed E-state index contributed by atoms with van der Waals surface area (Å²) < 4.78 is 0. The Labute approximate surface area is 83.0 Å². The van der Waals surface area contributed by atoms with Crippen LogP contribution in [0, 0.1) is 0 Å². The number of rotatable bonds is 7. The quantitative estimate of drug-likeness (QED) is 0.498. The largest absolute Gasteiger partial charge is 0.0885 e. The van der Waals surface area contributed by atoms with Crippen LogP contribution in [0.15, 0.2) is 36.5 Å². The highest BCUT2D eigenvalue weighted by molar-refractivity contribution is 4.96. The molecule has 0 aromatic rings. The molecule has 74 valence electrons. The molecule has 0 bridgehead atoms. The first kappa shape index (κ1) is 12.2. The molecule has 0 N–H and O–H groups in total. The Kier molecular flexibility index (Phi) is 10.5. The Morgan fingerprint density at radius 1 is 0.692 bits per heavy atom. The number of hydrogen-bond donors (Lipinski definition) is 0. The molecular weight excluding hydrogens is 156 g/mol. The Balaban J connectivity index is 3.26. The molecule has 0 heterocycles. The van der Waals surface area contributed by atoms with Crippen LogP contribution in [0.4, 0.5) is 0 Å². The van der Waals surface area contributed by atoms with Crippen molar-refractivity contribution in [2.24, 2.45) is 0 Å². The molecule has 0 nitrogen and oxygen atoms in total. The normalized spacial score (nSPS) is 12.5. The molecule has 0 aliphatic rings. The van der Waals surface area contributed by atoms with Crippen LogP contribution < -0.4 is 0 Å². The average molecular weight is 178 g/mol. The number of hydrogen-bond acceptors (Lipinski definition) is 0. The molecule has 0 unspecified atom stereocenters. The third kappa shape index (κ3) is 11.2. The van der Waals surface area contributed by atoms with Gasteiger partial charge in [-0.15, -0.1) is 0 Å². The maximum atomic E-state index is 2.26. The minimum Gasteiger partial charge on any atom is -0.0885 e. The van der Waals surface area contributed by atoms with Crippen LogP contribution in [0.5, 0.6) is 0 Å². The number of allylic oxidation sites excluding steroid dienone is 6. The predicted octanol–water partition coefficient (Wildman–Crippen LogP) is 4.65. The van der Waals surface area contributed by atoms with Gasteiger partial charge in [-0.25, -0.2) is 0 Å². The second-order valence-electron chi connectivity index (χ2n) is 3.08. The summed E-state index contributed by atoms with van der Waals surface area (Å²) in [5, 5.41) is 0. The van der Waals surface area contributed by atoms with E-state index in [1.54, 1.807) is 0 Å². The maximum absolute atomic E-state index is 2.26. The summed E-state index contributed by atoms with van der Waals surface area (Å²) in [6, 6.07) is 0. The van der Waals surface area contributed by atoms with Gasteiger partial charge in [0.1, 0.15) is 0 Å². The van der Waals surface area contributed by atoms with E-state index >= 15 is 0 Å². The average Bonchev–Trinajstić information content (AvgIpc) is 2.16. The van der Waals surface area contributed by atoms with E-state index in [0.717, 1.165) is 19.3 Å². The van der Waals surface area contributed by atoms with Crippen LogP contribution in [0.2, 0.25) is 0 Å². The number of unbranched alkanes of at least 4 members (excludes halogenated alkanes) is 1. The maximum Gasteiger partial charge on any atom is -0.0169 e. The minimum atomic E-state index is 1.08. The molecule has 0 heteroatoms. The summed E-state index contributed by atoms with van der Waals surface area (Å²) in [7, 11) is 0. The lowest BCUT2D eigenvalue weighted by molar-refractivity contribution is 0.954. The third-order valence-electron chi connectivity index (χ3n) is 1.74. The standard InChI is InChI=1S/C13H22/c1-3-5-7-9-11-13-12-10-8-6-4-2/h5,7-8,10-11,13H,3-4,6,9,12H2,1-2H3/b7-5-,10-8+,13-11-. The zero-order valence-corrected chi connectivity index (χ0v) is 9.00. The zero-order chi connectivity index (χ0) is 9.78. The predicted molar refractivity (Wildman–Crippen MR) is 61.9 cm³/mol. The molecule has 0 aromatic heterocycles. The second kappa shape index (κ2) is 11.2. The molecule has 0 atom stereocenters. The molecule has 0 aliphatic carbocycles. The van der Waals surface area contributed by atoms with Gasteiger partial charge in [-0.3, -0.25) is 0 Å². The van der Waals surface area contributed by atoms with E-state index in [9.17, 15) is 0 Å². The lowest BCUT2D eigenvalue weighted by atomic mass is 10.2. The van der Waals surface area contributed by atoms with E-state index in [-0.39, 0.29) is 0 Å². The van der Waals surface area contributed by atoms with Gasteiger partial charge in [0.2, 0.25) is 0 Å². The van der Waals surface area contributed by atoms with E-state index < -0.39 is 0 Å². The highest BCUT2D eigenvalue weighted by Gasteiger charge is 1.73. The minimum absolute atomic E-state index is 1.08. The molecule has 0 rings (SSSR count). The molecule has 0 aliphatic heterocycles. The smallest absolute Gasteiger partial charge is 0.0169 e. The third-order valence-corrected chi connectivity index (χ3v) is 1.74. The van der Waals surface area contributed by atoms with E-state index in [0.29, 0.717) is 0 Å². The Hall–Kier alpha value is -0.780. The molecular formula is C13H22. The summed E-state index contributed by atoms with van der Waals surface area (Å²) in [6.07, 6.45) is 19.1. The lowest BCUT2D eigenvalue weighted by Crippen LogP contribution is -1.63. The van der Waals surface area contributed by atoms with Crippen LogP contribution in [0.3, 0.4) is 0 Å². The first-order chi connectivity index (χ1) is 6.41. The van der Waals surface area contributed by atoms with Crippen LogP contribution in [0.1, 0.15) is 46.0 Å². The molecule has 13 heavy (non-hydrogen) atoms. The van der Waals surface area contributed by atoms with E-state index in [1.165, 1.54) is 12.8 Å². The van der Waals surface area contributed by atoms with E-state index in [2.05, 4.69) is 50.3 Å². The molecule has 0 aromatic carbocycles. The van der Waals surface area contributed by atoms with Crippen molar-refractivity contribution in [2.75, 3.05) is 0 Å². The van der Waals surface area contributed by atoms with Crippen LogP contribution >= 0.6 is 0 Å². The summed E-state index contributed by atoms with van der Waals surface area (Å²) in [4.78, 5) is 0. The molecule has 0 fully saturated rings. The van der Waals surface area contributed by atoms with Gasteiger partial charge in [-0.05, 0) is 25.7 Å². The fourth-order valence-corrected chi connectivity index (χ4v) is 0.993. The van der Waals surface area contributed by atoms with Gasteiger partial charge in [0.25, 0.3) is 0 Å². The van der Waals surface area contributed by atoms with Crippen molar-refractivity contribution in [3.63, 3.8) is 0 Å². The van der Waals surface area contributed by atoms with Gasteiger partial charge in [-0.1, -0.05) is 56.7 Å². The van der Waals surface area contributed by atoms with E-state index in [1.807, 2.05) is 0 Å². The Bertz CT molecular complexity index is 161. The summed E-state index contributed by atoms with van der Waals surface area (Å²) in [5.41, 5.74) is 0.